The Morgan fingerprint density at radius 2 is 2.06 bits per heavy atom. The van der Waals surface area contributed by atoms with Crippen molar-refractivity contribution in [2.45, 2.75) is 38.7 Å². The van der Waals surface area contributed by atoms with Gasteiger partial charge in [-0.05, 0) is 30.5 Å². The number of hydrogen-bond acceptors (Lipinski definition) is 2. The van der Waals surface area contributed by atoms with Gasteiger partial charge in [-0.15, -0.1) is 0 Å². The van der Waals surface area contributed by atoms with Crippen molar-refractivity contribution < 1.29 is 9.90 Å². The zero-order valence-corrected chi connectivity index (χ0v) is 9.98. The highest BCUT2D eigenvalue weighted by molar-refractivity contribution is 5.92. The SMILES string of the molecule is O=C(Nc1cccc(CO)c1)C1CCCCC1. The summed E-state index contributed by atoms with van der Waals surface area (Å²) in [5.41, 5.74) is 1.61. The smallest absolute Gasteiger partial charge is 0.227 e. The molecule has 0 spiro atoms. The van der Waals surface area contributed by atoms with E-state index in [1.54, 1.807) is 0 Å². The van der Waals surface area contributed by atoms with E-state index in [-0.39, 0.29) is 18.4 Å². The van der Waals surface area contributed by atoms with Crippen LogP contribution < -0.4 is 5.32 Å². The van der Waals surface area contributed by atoms with Crippen LogP contribution in [-0.4, -0.2) is 11.0 Å². The standard InChI is InChI=1S/C14H19NO2/c16-10-11-5-4-8-13(9-11)15-14(17)12-6-2-1-3-7-12/h4-5,8-9,12,16H,1-3,6-7,10H2,(H,15,17). The second-order valence-electron chi connectivity index (χ2n) is 4.68. The molecule has 1 aromatic carbocycles. The Morgan fingerprint density at radius 1 is 1.29 bits per heavy atom. The van der Waals surface area contributed by atoms with Crippen LogP contribution in [0.4, 0.5) is 5.69 Å². The third kappa shape index (κ3) is 3.30. The lowest BCUT2D eigenvalue weighted by molar-refractivity contribution is -0.120. The molecule has 17 heavy (non-hydrogen) atoms. The van der Waals surface area contributed by atoms with Crippen LogP contribution >= 0.6 is 0 Å². The van der Waals surface area contributed by atoms with E-state index >= 15 is 0 Å². The Hall–Kier alpha value is -1.35. The molecule has 1 aromatic rings. The largest absolute Gasteiger partial charge is 0.392 e. The van der Waals surface area contributed by atoms with Crippen LogP contribution in [0.1, 0.15) is 37.7 Å². The van der Waals surface area contributed by atoms with Crippen molar-refractivity contribution >= 4 is 11.6 Å². The van der Waals surface area contributed by atoms with Gasteiger partial charge < -0.3 is 10.4 Å². The first-order valence-corrected chi connectivity index (χ1v) is 6.30. The number of aliphatic hydroxyl groups is 1. The third-order valence-electron chi connectivity index (χ3n) is 3.35. The quantitative estimate of drug-likeness (QED) is 0.843. The predicted octanol–water partition coefficient (Wildman–Crippen LogP) is 2.70. The number of carbonyl (C=O) groups excluding carboxylic acids is 1. The summed E-state index contributed by atoms with van der Waals surface area (Å²) in [4.78, 5) is 12.0. The molecular formula is C14H19NO2. The number of nitrogens with one attached hydrogen (secondary N) is 1. The van der Waals surface area contributed by atoms with E-state index in [0.717, 1.165) is 36.9 Å². The zero-order chi connectivity index (χ0) is 12.1. The number of amides is 1. The van der Waals surface area contributed by atoms with Crippen molar-refractivity contribution in [3.8, 4) is 0 Å². The fourth-order valence-electron chi connectivity index (χ4n) is 2.36. The molecule has 1 amide bonds. The molecule has 3 nitrogen and oxygen atoms in total. The molecule has 0 unspecified atom stereocenters. The molecule has 0 aliphatic heterocycles. The highest BCUT2D eigenvalue weighted by Gasteiger charge is 2.20. The van der Waals surface area contributed by atoms with Gasteiger partial charge in [-0.25, -0.2) is 0 Å². The first kappa shape index (κ1) is 12.1. The molecule has 1 aliphatic rings. The molecule has 0 aromatic heterocycles. The first-order chi connectivity index (χ1) is 8.29. The van der Waals surface area contributed by atoms with Gasteiger partial charge in [-0.1, -0.05) is 31.4 Å². The lowest BCUT2D eigenvalue weighted by atomic mass is 9.88. The number of aliphatic hydroxyl groups excluding tert-OH is 1. The zero-order valence-electron chi connectivity index (χ0n) is 9.98. The van der Waals surface area contributed by atoms with Crippen LogP contribution in [0.3, 0.4) is 0 Å². The molecule has 92 valence electrons. The Labute approximate surface area is 102 Å². The van der Waals surface area contributed by atoms with Crippen molar-refractivity contribution in [2.75, 3.05) is 5.32 Å². The summed E-state index contributed by atoms with van der Waals surface area (Å²) in [5.74, 6) is 0.293. The summed E-state index contributed by atoms with van der Waals surface area (Å²) in [6.45, 7) is 0.00708. The molecular weight excluding hydrogens is 214 g/mol. The first-order valence-electron chi connectivity index (χ1n) is 6.30. The molecule has 2 rings (SSSR count). The number of rotatable bonds is 3. The molecule has 0 heterocycles. The van der Waals surface area contributed by atoms with Gasteiger partial charge in [0.2, 0.25) is 5.91 Å². The van der Waals surface area contributed by atoms with Gasteiger partial charge in [0.25, 0.3) is 0 Å². The van der Waals surface area contributed by atoms with E-state index in [1.165, 1.54) is 6.42 Å². The van der Waals surface area contributed by atoms with Gasteiger partial charge in [0, 0.05) is 11.6 Å². The summed E-state index contributed by atoms with van der Waals surface area (Å²) in [5, 5.41) is 12.0. The maximum absolute atomic E-state index is 12.0. The Balaban J connectivity index is 1.96. The normalized spacial score (nSPS) is 16.8. The molecule has 0 saturated heterocycles. The van der Waals surface area contributed by atoms with Crippen LogP contribution in [-0.2, 0) is 11.4 Å². The molecule has 0 bridgehead atoms. The van der Waals surface area contributed by atoms with Crippen molar-refractivity contribution in [2.24, 2.45) is 5.92 Å². The molecule has 0 radical (unpaired) electrons. The average Bonchev–Trinajstić information content (AvgIpc) is 2.40. The minimum Gasteiger partial charge on any atom is -0.392 e. The number of benzene rings is 1. The van der Waals surface area contributed by atoms with Crippen molar-refractivity contribution in [1.82, 2.24) is 0 Å². The lowest BCUT2D eigenvalue weighted by Crippen LogP contribution is -2.24. The average molecular weight is 233 g/mol. The molecule has 0 atom stereocenters. The Morgan fingerprint density at radius 3 is 2.76 bits per heavy atom. The molecule has 1 fully saturated rings. The number of anilines is 1. The van der Waals surface area contributed by atoms with E-state index in [0.29, 0.717) is 0 Å². The van der Waals surface area contributed by atoms with Crippen LogP contribution in [0.2, 0.25) is 0 Å². The minimum absolute atomic E-state index is 0.00708. The van der Waals surface area contributed by atoms with Crippen LogP contribution in [0.25, 0.3) is 0 Å². The van der Waals surface area contributed by atoms with E-state index in [4.69, 9.17) is 5.11 Å². The third-order valence-corrected chi connectivity index (χ3v) is 3.35. The second-order valence-corrected chi connectivity index (χ2v) is 4.68. The maximum Gasteiger partial charge on any atom is 0.227 e. The summed E-state index contributed by atoms with van der Waals surface area (Å²) < 4.78 is 0. The van der Waals surface area contributed by atoms with Crippen molar-refractivity contribution in [1.29, 1.82) is 0 Å². The van der Waals surface area contributed by atoms with Crippen molar-refractivity contribution in [3.63, 3.8) is 0 Å². The summed E-state index contributed by atoms with van der Waals surface area (Å²) >= 11 is 0. The van der Waals surface area contributed by atoms with Crippen molar-refractivity contribution in [3.05, 3.63) is 29.8 Å². The van der Waals surface area contributed by atoms with Crippen LogP contribution in [0.15, 0.2) is 24.3 Å². The van der Waals surface area contributed by atoms with Crippen LogP contribution in [0, 0.1) is 5.92 Å². The predicted molar refractivity (Wildman–Crippen MR) is 67.6 cm³/mol. The summed E-state index contributed by atoms with van der Waals surface area (Å²) in [6, 6.07) is 7.37. The molecule has 1 aliphatic carbocycles. The minimum atomic E-state index is 0.00708. The fourth-order valence-corrected chi connectivity index (χ4v) is 2.36. The second kappa shape index (κ2) is 5.82. The monoisotopic (exact) mass is 233 g/mol. The Bertz CT molecular complexity index is 384. The molecule has 1 saturated carbocycles. The maximum atomic E-state index is 12.0. The van der Waals surface area contributed by atoms with E-state index < -0.39 is 0 Å². The van der Waals surface area contributed by atoms with E-state index in [2.05, 4.69) is 5.32 Å². The van der Waals surface area contributed by atoms with Gasteiger partial charge in [0.15, 0.2) is 0 Å². The number of carbonyl (C=O) groups is 1. The Kier molecular flexibility index (Phi) is 4.15. The fraction of sp³-hybridized carbons (Fsp3) is 0.500. The number of hydrogen-bond donors (Lipinski definition) is 2. The van der Waals surface area contributed by atoms with E-state index in [1.807, 2.05) is 24.3 Å². The van der Waals surface area contributed by atoms with Gasteiger partial charge >= 0.3 is 0 Å². The topological polar surface area (TPSA) is 49.3 Å². The van der Waals surface area contributed by atoms with Gasteiger partial charge in [0.05, 0.1) is 6.61 Å². The van der Waals surface area contributed by atoms with Gasteiger partial charge in [-0.2, -0.15) is 0 Å². The summed E-state index contributed by atoms with van der Waals surface area (Å²) in [7, 11) is 0. The summed E-state index contributed by atoms with van der Waals surface area (Å²) in [6.07, 6.45) is 5.59. The molecule has 2 N–H and O–H groups in total. The highest BCUT2D eigenvalue weighted by atomic mass is 16.3. The van der Waals surface area contributed by atoms with Gasteiger partial charge in [-0.3, -0.25) is 4.79 Å². The highest BCUT2D eigenvalue weighted by Crippen LogP contribution is 2.25. The lowest BCUT2D eigenvalue weighted by Gasteiger charge is -2.20. The van der Waals surface area contributed by atoms with Gasteiger partial charge in [0.1, 0.15) is 0 Å². The molecule has 3 heteroatoms. The van der Waals surface area contributed by atoms with E-state index in [9.17, 15) is 4.79 Å². The van der Waals surface area contributed by atoms with Crippen LogP contribution in [0.5, 0.6) is 0 Å².